The molecule has 0 aliphatic carbocycles. The predicted molar refractivity (Wildman–Crippen MR) is 108 cm³/mol. The molecule has 2 N–H and O–H groups in total. The third-order valence-electron chi connectivity index (χ3n) is 4.99. The van der Waals surface area contributed by atoms with E-state index in [9.17, 15) is 14.4 Å². The molecule has 2 aromatic rings. The summed E-state index contributed by atoms with van der Waals surface area (Å²) in [4.78, 5) is 43.0. The van der Waals surface area contributed by atoms with E-state index in [0.29, 0.717) is 16.5 Å². The number of carbonyl (C=O) groups excluding carboxylic acids is 3. The third-order valence-corrected chi connectivity index (χ3v) is 5.21. The first kappa shape index (κ1) is 19.2. The number of halogens is 1. The zero-order valence-corrected chi connectivity index (χ0v) is 16.4. The lowest BCUT2D eigenvalue weighted by atomic mass is 10.1. The molecule has 1 saturated heterocycles. The predicted octanol–water partition coefficient (Wildman–Crippen LogP) is 2.84. The summed E-state index contributed by atoms with van der Waals surface area (Å²) in [5, 5.41) is 5.86. The first-order valence-electron chi connectivity index (χ1n) is 9.27. The standard InChI is InChI=1S/C20H19ClN4O4/c1-11(18(26)24-17-7-5-13(21)10-22-17)29-20(28)12-4-6-15-14(9-12)23-19(27)16-3-2-8-25(15)16/h4-7,9-11,16H,2-3,8H2,1H3,(H,23,27)(H,22,24,26)/t11-,16-/m0/s1. The van der Waals surface area contributed by atoms with Crippen LogP contribution in [0.2, 0.25) is 5.02 Å². The van der Waals surface area contributed by atoms with Crippen LogP contribution in [-0.4, -0.2) is 41.5 Å². The van der Waals surface area contributed by atoms with E-state index in [1.54, 1.807) is 30.3 Å². The van der Waals surface area contributed by atoms with Gasteiger partial charge in [0, 0.05) is 12.7 Å². The smallest absolute Gasteiger partial charge is 0.338 e. The van der Waals surface area contributed by atoms with Gasteiger partial charge in [0.25, 0.3) is 5.91 Å². The van der Waals surface area contributed by atoms with Crippen molar-refractivity contribution in [3.05, 3.63) is 47.1 Å². The lowest BCUT2D eigenvalue weighted by Gasteiger charge is -2.33. The van der Waals surface area contributed by atoms with Crippen LogP contribution in [0.4, 0.5) is 17.2 Å². The SMILES string of the molecule is C[C@H](OC(=O)c1ccc2c(c1)NC(=O)[C@@H]1CCCN21)C(=O)Nc1ccc(Cl)cn1. The van der Waals surface area contributed by atoms with E-state index in [1.165, 1.54) is 13.1 Å². The van der Waals surface area contributed by atoms with E-state index in [2.05, 4.69) is 20.5 Å². The Kier molecular flexibility index (Phi) is 5.10. The highest BCUT2D eigenvalue weighted by Gasteiger charge is 2.36. The van der Waals surface area contributed by atoms with E-state index >= 15 is 0 Å². The highest BCUT2D eigenvalue weighted by molar-refractivity contribution is 6.30. The second-order valence-electron chi connectivity index (χ2n) is 6.97. The fraction of sp³-hybridized carbons (Fsp3) is 0.300. The van der Waals surface area contributed by atoms with Crippen LogP contribution in [0.1, 0.15) is 30.1 Å². The Hall–Kier alpha value is -3.13. The molecule has 8 nitrogen and oxygen atoms in total. The number of ether oxygens (including phenoxy) is 1. The van der Waals surface area contributed by atoms with Crippen LogP contribution in [0.15, 0.2) is 36.5 Å². The summed E-state index contributed by atoms with van der Waals surface area (Å²) in [6.45, 7) is 2.28. The zero-order chi connectivity index (χ0) is 20.5. The van der Waals surface area contributed by atoms with Crippen molar-refractivity contribution in [1.29, 1.82) is 0 Å². The minimum absolute atomic E-state index is 0.0660. The number of fused-ring (bicyclic) bond motifs is 3. The zero-order valence-electron chi connectivity index (χ0n) is 15.6. The highest BCUT2D eigenvalue weighted by atomic mass is 35.5. The van der Waals surface area contributed by atoms with Gasteiger partial charge in [0.1, 0.15) is 11.9 Å². The van der Waals surface area contributed by atoms with Crippen LogP contribution in [0, 0.1) is 0 Å². The van der Waals surface area contributed by atoms with Gasteiger partial charge in [-0.1, -0.05) is 11.6 Å². The number of rotatable bonds is 4. The first-order chi connectivity index (χ1) is 13.9. The van der Waals surface area contributed by atoms with Gasteiger partial charge in [0.2, 0.25) is 5.91 Å². The summed E-state index contributed by atoms with van der Waals surface area (Å²) >= 11 is 5.76. The third kappa shape index (κ3) is 3.88. The lowest BCUT2D eigenvalue weighted by Crippen LogP contribution is -2.43. The Morgan fingerprint density at radius 1 is 1.34 bits per heavy atom. The molecule has 9 heteroatoms. The Morgan fingerprint density at radius 3 is 2.93 bits per heavy atom. The number of anilines is 3. The van der Waals surface area contributed by atoms with Crippen LogP contribution < -0.4 is 15.5 Å². The quantitative estimate of drug-likeness (QED) is 0.746. The number of nitrogens with zero attached hydrogens (tertiary/aromatic N) is 2. The molecule has 2 atom stereocenters. The lowest BCUT2D eigenvalue weighted by molar-refractivity contribution is -0.123. The van der Waals surface area contributed by atoms with Gasteiger partial charge in [-0.2, -0.15) is 0 Å². The molecule has 2 aliphatic heterocycles. The van der Waals surface area contributed by atoms with Gasteiger partial charge in [-0.3, -0.25) is 9.59 Å². The van der Waals surface area contributed by atoms with E-state index in [4.69, 9.17) is 16.3 Å². The molecule has 1 fully saturated rings. The fourth-order valence-electron chi connectivity index (χ4n) is 3.52. The van der Waals surface area contributed by atoms with Crippen molar-refractivity contribution in [2.45, 2.75) is 31.9 Å². The summed E-state index contributed by atoms with van der Waals surface area (Å²) in [7, 11) is 0. The number of benzene rings is 1. The molecule has 1 aromatic heterocycles. The molecule has 2 aliphatic rings. The maximum absolute atomic E-state index is 12.5. The molecule has 150 valence electrons. The van der Waals surface area contributed by atoms with Crippen molar-refractivity contribution in [3.8, 4) is 0 Å². The van der Waals surface area contributed by atoms with Crippen molar-refractivity contribution < 1.29 is 19.1 Å². The van der Waals surface area contributed by atoms with Gasteiger partial charge in [0.05, 0.1) is 22.0 Å². The summed E-state index contributed by atoms with van der Waals surface area (Å²) in [6, 6.07) is 8.01. The molecule has 1 aromatic carbocycles. The number of carbonyl (C=O) groups is 3. The molecule has 0 bridgehead atoms. The molecule has 2 amide bonds. The number of hydrogen-bond donors (Lipinski definition) is 2. The van der Waals surface area contributed by atoms with Gasteiger partial charge in [0.15, 0.2) is 6.10 Å². The normalized spacial score (nSPS) is 18.3. The number of hydrogen-bond acceptors (Lipinski definition) is 6. The maximum atomic E-state index is 12.5. The summed E-state index contributed by atoms with van der Waals surface area (Å²) < 4.78 is 5.27. The van der Waals surface area contributed by atoms with Crippen LogP contribution >= 0.6 is 11.6 Å². The molecule has 0 saturated carbocycles. The number of aromatic nitrogens is 1. The summed E-state index contributed by atoms with van der Waals surface area (Å²) in [5.41, 5.74) is 1.72. The first-order valence-corrected chi connectivity index (χ1v) is 9.65. The van der Waals surface area contributed by atoms with Crippen LogP contribution in [0.3, 0.4) is 0 Å². The minimum atomic E-state index is -1.03. The van der Waals surface area contributed by atoms with Gasteiger partial charge >= 0.3 is 5.97 Å². The van der Waals surface area contributed by atoms with E-state index in [-0.39, 0.29) is 17.5 Å². The number of pyridine rings is 1. The van der Waals surface area contributed by atoms with E-state index in [0.717, 1.165) is 25.1 Å². The van der Waals surface area contributed by atoms with Crippen molar-refractivity contribution in [3.63, 3.8) is 0 Å². The highest BCUT2D eigenvalue weighted by Crippen LogP contribution is 2.37. The molecular weight excluding hydrogens is 396 g/mol. The Balaban J connectivity index is 1.43. The Labute approximate surface area is 172 Å². The van der Waals surface area contributed by atoms with Gasteiger partial charge < -0.3 is 20.3 Å². The summed E-state index contributed by atoms with van der Waals surface area (Å²) in [5.74, 6) is -0.931. The maximum Gasteiger partial charge on any atom is 0.338 e. The van der Waals surface area contributed by atoms with Crippen molar-refractivity contribution in [2.75, 3.05) is 22.1 Å². The van der Waals surface area contributed by atoms with E-state index < -0.39 is 18.0 Å². The average molecular weight is 415 g/mol. The van der Waals surface area contributed by atoms with Crippen LogP contribution in [-0.2, 0) is 14.3 Å². The molecule has 3 heterocycles. The second-order valence-corrected chi connectivity index (χ2v) is 7.41. The van der Waals surface area contributed by atoms with Gasteiger partial charge in [-0.15, -0.1) is 0 Å². The van der Waals surface area contributed by atoms with Crippen LogP contribution in [0.5, 0.6) is 0 Å². The van der Waals surface area contributed by atoms with E-state index in [1.807, 2.05) is 0 Å². The molecule has 0 unspecified atom stereocenters. The largest absolute Gasteiger partial charge is 0.449 e. The molecule has 0 radical (unpaired) electrons. The number of amides is 2. The van der Waals surface area contributed by atoms with Crippen molar-refractivity contribution in [1.82, 2.24) is 4.98 Å². The monoisotopic (exact) mass is 414 g/mol. The average Bonchev–Trinajstić information content (AvgIpc) is 3.20. The van der Waals surface area contributed by atoms with Crippen LogP contribution in [0.25, 0.3) is 0 Å². The molecular formula is C20H19ClN4O4. The molecule has 29 heavy (non-hydrogen) atoms. The van der Waals surface area contributed by atoms with Gasteiger partial charge in [-0.25, -0.2) is 9.78 Å². The van der Waals surface area contributed by atoms with Crippen molar-refractivity contribution in [2.24, 2.45) is 0 Å². The Bertz CT molecular complexity index is 979. The second kappa shape index (κ2) is 7.71. The number of esters is 1. The Morgan fingerprint density at radius 2 is 2.17 bits per heavy atom. The summed E-state index contributed by atoms with van der Waals surface area (Å²) in [6.07, 6.45) is 2.15. The van der Waals surface area contributed by atoms with Crippen molar-refractivity contribution >= 4 is 46.6 Å². The fourth-order valence-corrected chi connectivity index (χ4v) is 3.63. The molecule has 0 spiro atoms. The van der Waals surface area contributed by atoms with Gasteiger partial charge in [-0.05, 0) is 50.1 Å². The molecule has 4 rings (SSSR count). The topological polar surface area (TPSA) is 101 Å². The minimum Gasteiger partial charge on any atom is -0.449 e. The number of nitrogens with one attached hydrogen (secondary N) is 2.